The van der Waals surface area contributed by atoms with Crippen LogP contribution >= 0.6 is 0 Å². The van der Waals surface area contributed by atoms with Crippen LogP contribution in [0, 0.1) is 17.3 Å². The lowest BCUT2D eigenvalue weighted by Crippen LogP contribution is -2.22. The van der Waals surface area contributed by atoms with Gasteiger partial charge in [-0.2, -0.15) is 0 Å². The number of rotatable bonds is 13. The highest BCUT2D eigenvalue weighted by Crippen LogP contribution is 2.39. The molecule has 0 aromatic heterocycles. The molecule has 152 valence electrons. The van der Waals surface area contributed by atoms with Crippen molar-refractivity contribution in [3.05, 3.63) is 12.2 Å². The van der Waals surface area contributed by atoms with Crippen molar-refractivity contribution in [3.63, 3.8) is 0 Å². The predicted octanol–water partition coefficient (Wildman–Crippen LogP) is 4.93. The smallest absolute Gasteiger partial charge is 0.303 e. The maximum Gasteiger partial charge on any atom is 0.303 e. The number of carboxylic acid groups (broad SMARTS) is 1. The molecule has 4 heteroatoms. The number of aliphatic hydroxyl groups excluding tert-OH is 2. The lowest BCUT2D eigenvalue weighted by atomic mass is 9.83. The Morgan fingerprint density at radius 2 is 1.69 bits per heavy atom. The molecule has 0 heterocycles. The van der Waals surface area contributed by atoms with Crippen LogP contribution in [0.25, 0.3) is 0 Å². The molecule has 0 radical (unpaired) electrons. The van der Waals surface area contributed by atoms with Crippen LogP contribution in [0.3, 0.4) is 0 Å². The van der Waals surface area contributed by atoms with Crippen molar-refractivity contribution in [3.8, 4) is 0 Å². The number of hydrogen-bond donors (Lipinski definition) is 3. The number of allylic oxidation sites excluding steroid dienone is 2. The Hall–Kier alpha value is -0.870. The van der Waals surface area contributed by atoms with E-state index in [1.807, 2.05) is 0 Å². The number of aliphatic carboxylic acids is 1. The van der Waals surface area contributed by atoms with Crippen LogP contribution in [0.2, 0.25) is 0 Å². The number of carboxylic acids is 1. The molecule has 1 aliphatic carbocycles. The van der Waals surface area contributed by atoms with E-state index in [0.29, 0.717) is 6.42 Å². The van der Waals surface area contributed by atoms with Gasteiger partial charge in [0.1, 0.15) is 0 Å². The zero-order chi connectivity index (χ0) is 19.6. The van der Waals surface area contributed by atoms with E-state index in [9.17, 15) is 15.0 Å². The van der Waals surface area contributed by atoms with Gasteiger partial charge in [0.05, 0.1) is 12.2 Å². The Morgan fingerprint density at radius 1 is 1.04 bits per heavy atom. The first-order valence-electron chi connectivity index (χ1n) is 10.5. The second-order valence-electron chi connectivity index (χ2n) is 8.77. The molecule has 1 aliphatic rings. The fourth-order valence-electron chi connectivity index (χ4n) is 4.18. The summed E-state index contributed by atoms with van der Waals surface area (Å²) in [4.78, 5) is 10.5. The van der Waals surface area contributed by atoms with Crippen molar-refractivity contribution in [2.45, 2.75) is 104 Å². The van der Waals surface area contributed by atoms with Crippen LogP contribution in [-0.2, 0) is 4.79 Å². The zero-order valence-corrected chi connectivity index (χ0v) is 17.0. The lowest BCUT2D eigenvalue weighted by molar-refractivity contribution is -0.137. The van der Waals surface area contributed by atoms with Crippen LogP contribution < -0.4 is 0 Å². The fourth-order valence-corrected chi connectivity index (χ4v) is 4.18. The molecule has 26 heavy (non-hydrogen) atoms. The van der Waals surface area contributed by atoms with Crippen molar-refractivity contribution in [2.24, 2.45) is 17.3 Å². The van der Waals surface area contributed by atoms with Gasteiger partial charge in [-0.1, -0.05) is 65.0 Å². The molecule has 3 N–H and O–H groups in total. The summed E-state index contributed by atoms with van der Waals surface area (Å²) in [6.45, 7) is 6.73. The molecule has 1 fully saturated rings. The molecule has 1 saturated carbocycles. The second-order valence-corrected chi connectivity index (χ2v) is 8.77. The van der Waals surface area contributed by atoms with Crippen LogP contribution in [0.4, 0.5) is 0 Å². The number of hydrogen-bond acceptors (Lipinski definition) is 3. The van der Waals surface area contributed by atoms with E-state index in [1.165, 1.54) is 19.3 Å². The van der Waals surface area contributed by atoms with Gasteiger partial charge in [0, 0.05) is 6.42 Å². The Morgan fingerprint density at radius 3 is 2.35 bits per heavy atom. The van der Waals surface area contributed by atoms with Gasteiger partial charge in [-0.05, 0) is 49.4 Å². The van der Waals surface area contributed by atoms with Crippen LogP contribution in [0.5, 0.6) is 0 Å². The summed E-state index contributed by atoms with van der Waals surface area (Å²) in [5, 5.41) is 29.3. The van der Waals surface area contributed by atoms with Crippen LogP contribution in [0.15, 0.2) is 12.2 Å². The fraction of sp³-hybridized carbons (Fsp3) is 0.864. The molecule has 0 spiro atoms. The standard InChI is InChI=1S/C22H40O4/c1-4-5-14-22(2,3)15-10-12-18-17(19(23)16-20(18)24)11-8-6-7-9-13-21(25)26/h10,15,17-20,23-24H,4-9,11-14,16H2,1-3H3,(H,25,26)/t17-,18-,19+,20-/m1/s1. The van der Waals surface area contributed by atoms with E-state index in [4.69, 9.17) is 5.11 Å². The average molecular weight is 369 g/mol. The highest BCUT2D eigenvalue weighted by molar-refractivity contribution is 5.66. The maximum absolute atomic E-state index is 10.5. The molecule has 1 rings (SSSR count). The number of unbranched alkanes of at least 4 members (excludes halogenated alkanes) is 4. The van der Waals surface area contributed by atoms with E-state index in [0.717, 1.165) is 38.5 Å². The van der Waals surface area contributed by atoms with Gasteiger partial charge in [0.15, 0.2) is 0 Å². The normalized spacial score (nSPS) is 26.7. The summed E-state index contributed by atoms with van der Waals surface area (Å²) < 4.78 is 0. The van der Waals surface area contributed by atoms with E-state index in [-0.39, 0.29) is 23.7 Å². The highest BCUT2D eigenvalue weighted by Gasteiger charge is 2.40. The van der Waals surface area contributed by atoms with Crippen LogP contribution in [0.1, 0.15) is 91.4 Å². The topological polar surface area (TPSA) is 77.8 Å². The van der Waals surface area contributed by atoms with E-state index in [1.54, 1.807) is 0 Å². The lowest BCUT2D eigenvalue weighted by Gasteiger charge is -2.24. The van der Waals surface area contributed by atoms with E-state index < -0.39 is 18.2 Å². The molecule has 0 aromatic rings. The Bertz CT molecular complexity index is 430. The minimum Gasteiger partial charge on any atom is -0.481 e. The van der Waals surface area contributed by atoms with Gasteiger partial charge in [0.25, 0.3) is 0 Å². The average Bonchev–Trinajstić information content (AvgIpc) is 2.82. The van der Waals surface area contributed by atoms with Crippen molar-refractivity contribution >= 4 is 5.97 Å². The summed E-state index contributed by atoms with van der Waals surface area (Å²) in [7, 11) is 0. The van der Waals surface area contributed by atoms with Gasteiger partial charge in [0.2, 0.25) is 0 Å². The summed E-state index contributed by atoms with van der Waals surface area (Å²) in [5.74, 6) is -0.428. The third kappa shape index (κ3) is 8.68. The summed E-state index contributed by atoms with van der Waals surface area (Å²) in [6, 6.07) is 0. The van der Waals surface area contributed by atoms with Crippen molar-refractivity contribution in [1.82, 2.24) is 0 Å². The zero-order valence-electron chi connectivity index (χ0n) is 17.0. The van der Waals surface area contributed by atoms with Crippen molar-refractivity contribution in [2.75, 3.05) is 0 Å². The van der Waals surface area contributed by atoms with Gasteiger partial charge >= 0.3 is 5.97 Å². The largest absolute Gasteiger partial charge is 0.481 e. The molecule has 0 aromatic carbocycles. The molecule has 0 saturated heterocycles. The molecular formula is C22H40O4. The van der Waals surface area contributed by atoms with Gasteiger partial charge < -0.3 is 15.3 Å². The monoisotopic (exact) mass is 368 g/mol. The Kier molecular flexibility index (Phi) is 10.5. The van der Waals surface area contributed by atoms with Gasteiger partial charge in [-0.15, -0.1) is 0 Å². The number of aliphatic hydroxyl groups is 2. The highest BCUT2D eigenvalue weighted by atomic mass is 16.4. The first kappa shape index (κ1) is 23.2. The molecular weight excluding hydrogens is 328 g/mol. The summed E-state index contributed by atoms with van der Waals surface area (Å²) in [6.07, 6.45) is 13.4. The van der Waals surface area contributed by atoms with Gasteiger partial charge in [-0.3, -0.25) is 4.79 Å². The second kappa shape index (κ2) is 11.8. The molecule has 0 amide bonds. The first-order chi connectivity index (χ1) is 12.3. The SMILES string of the molecule is CCCCC(C)(C)C=CC[C@@H]1[C@@H](CCCCCCC(=O)O)[C@@H](O)C[C@H]1O. The quantitative estimate of drug-likeness (QED) is 0.318. The van der Waals surface area contributed by atoms with Crippen molar-refractivity contribution < 1.29 is 20.1 Å². The third-order valence-electron chi connectivity index (χ3n) is 5.85. The van der Waals surface area contributed by atoms with Crippen molar-refractivity contribution in [1.29, 1.82) is 0 Å². The molecule has 4 nitrogen and oxygen atoms in total. The summed E-state index contributed by atoms with van der Waals surface area (Å²) in [5.41, 5.74) is 0.192. The summed E-state index contributed by atoms with van der Waals surface area (Å²) >= 11 is 0. The molecule has 0 unspecified atom stereocenters. The predicted molar refractivity (Wildman–Crippen MR) is 106 cm³/mol. The van der Waals surface area contributed by atoms with E-state index >= 15 is 0 Å². The van der Waals surface area contributed by atoms with Crippen LogP contribution in [-0.4, -0.2) is 33.5 Å². The van der Waals surface area contributed by atoms with Gasteiger partial charge in [-0.25, -0.2) is 0 Å². The van der Waals surface area contributed by atoms with E-state index in [2.05, 4.69) is 32.9 Å². The first-order valence-corrected chi connectivity index (χ1v) is 10.5. The molecule has 4 atom stereocenters. The minimum absolute atomic E-state index is 0.141. The molecule has 0 bridgehead atoms. The maximum atomic E-state index is 10.5. The third-order valence-corrected chi connectivity index (χ3v) is 5.85. The minimum atomic E-state index is -0.729. The molecule has 0 aliphatic heterocycles. The Balaban J connectivity index is 2.42. The number of carbonyl (C=O) groups is 1. The Labute approximate surface area is 159 Å².